The SMILES string of the molecule is Cc1cccc(CN(C(=O)CN(c2ccc(C(C)C)cc2)S(=O)(=O)c2ccccc2)C(Cc2ccccc2)C(=O)NC(C)C)c1. The Bertz CT molecular complexity index is 1670. The number of carbonyl (C=O) groups is 2. The number of sulfonamides is 1. The van der Waals surface area contributed by atoms with Gasteiger partial charge in [-0.2, -0.15) is 0 Å². The monoisotopic (exact) mass is 625 g/mol. The summed E-state index contributed by atoms with van der Waals surface area (Å²) in [5.74, 6) is -0.528. The number of amides is 2. The zero-order valence-electron chi connectivity index (χ0n) is 26.7. The lowest BCUT2D eigenvalue weighted by Gasteiger charge is -2.34. The first-order chi connectivity index (χ1) is 21.5. The Balaban J connectivity index is 1.81. The van der Waals surface area contributed by atoms with E-state index >= 15 is 0 Å². The van der Waals surface area contributed by atoms with Crippen LogP contribution in [0.4, 0.5) is 5.69 Å². The molecule has 0 radical (unpaired) electrons. The molecule has 45 heavy (non-hydrogen) atoms. The van der Waals surface area contributed by atoms with Gasteiger partial charge in [0, 0.05) is 19.0 Å². The minimum atomic E-state index is -4.13. The molecule has 0 aliphatic carbocycles. The average Bonchev–Trinajstić information content (AvgIpc) is 3.02. The molecule has 0 aliphatic rings. The highest BCUT2D eigenvalue weighted by molar-refractivity contribution is 7.92. The van der Waals surface area contributed by atoms with Crippen molar-refractivity contribution < 1.29 is 18.0 Å². The molecule has 8 heteroatoms. The van der Waals surface area contributed by atoms with Crippen LogP contribution in [0.5, 0.6) is 0 Å². The van der Waals surface area contributed by atoms with E-state index in [0.717, 1.165) is 26.6 Å². The van der Waals surface area contributed by atoms with E-state index in [1.807, 2.05) is 87.5 Å². The van der Waals surface area contributed by atoms with Crippen LogP contribution in [0.2, 0.25) is 0 Å². The zero-order valence-corrected chi connectivity index (χ0v) is 27.5. The van der Waals surface area contributed by atoms with Crippen molar-refractivity contribution in [1.29, 1.82) is 0 Å². The van der Waals surface area contributed by atoms with Gasteiger partial charge in [-0.3, -0.25) is 13.9 Å². The summed E-state index contributed by atoms with van der Waals surface area (Å²) in [6.07, 6.45) is 0.269. The van der Waals surface area contributed by atoms with E-state index in [4.69, 9.17) is 0 Å². The van der Waals surface area contributed by atoms with Crippen LogP contribution in [0, 0.1) is 6.92 Å². The smallest absolute Gasteiger partial charge is 0.264 e. The second-order valence-electron chi connectivity index (χ2n) is 12.0. The summed E-state index contributed by atoms with van der Waals surface area (Å²) in [6.45, 7) is 9.50. The van der Waals surface area contributed by atoms with Crippen LogP contribution in [0.1, 0.15) is 55.9 Å². The van der Waals surface area contributed by atoms with Crippen molar-refractivity contribution in [2.24, 2.45) is 0 Å². The van der Waals surface area contributed by atoms with Crippen LogP contribution in [-0.2, 0) is 32.6 Å². The molecule has 0 saturated heterocycles. The molecule has 1 N–H and O–H groups in total. The van der Waals surface area contributed by atoms with Gasteiger partial charge in [-0.05, 0) is 67.6 Å². The summed E-state index contributed by atoms with van der Waals surface area (Å²) in [5, 5.41) is 2.99. The van der Waals surface area contributed by atoms with E-state index in [2.05, 4.69) is 19.2 Å². The van der Waals surface area contributed by atoms with Gasteiger partial charge in [0.05, 0.1) is 10.6 Å². The molecule has 236 valence electrons. The molecule has 0 aliphatic heterocycles. The van der Waals surface area contributed by atoms with Gasteiger partial charge < -0.3 is 10.2 Å². The Labute approximate surface area is 268 Å². The molecule has 4 rings (SSSR count). The number of hydrogen-bond donors (Lipinski definition) is 1. The molecular formula is C37H43N3O4S. The van der Waals surface area contributed by atoms with Crippen molar-refractivity contribution in [2.75, 3.05) is 10.8 Å². The fraction of sp³-hybridized carbons (Fsp3) is 0.297. The summed E-state index contributed by atoms with van der Waals surface area (Å²) in [6, 6.07) is 31.6. The fourth-order valence-electron chi connectivity index (χ4n) is 5.22. The molecule has 4 aromatic carbocycles. The summed E-state index contributed by atoms with van der Waals surface area (Å²) in [7, 11) is -4.13. The molecule has 0 fully saturated rings. The maximum atomic E-state index is 14.5. The Morgan fingerprint density at radius 2 is 1.36 bits per heavy atom. The lowest BCUT2D eigenvalue weighted by Crippen LogP contribution is -2.54. The molecule has 0 bridgehead atoms. The van der Waals surface area contributed by atoms with Crippen LogP contribution >= 0.6 is 0 Å². The number of nitrogens with zero attached hydrogens (tertiary/aromatic N) is 2. The van der Waals surface area contributed by atoms with E-state index < -0.39 is 28.5 Å². The highest BCUT2D eigenvalue weighted by Crippen LogP contribution is 2.27. The topological polar surface area (TPSA) is 86.8 Å². The minimum Gasteiger partial charge on any atom is -0.352 e. The lowest BCUT2D eigenvalue weighted by atomic mass is 10.0. The molecule has 0 spiro atoms. The average molecular weight is 626 g/mol. The molecular weight excluding hydrogens is 582 g/mol. The Morgan fingerprint density at radius 1 is 0.756 bits per heavy atom. The number of carbonyl (C=O) groups excluding carboxylic acids is 2. The zero-order chi connectivity index (χ0) is 32.6. The van der Waals surface area contributed by atoms with E-state index in [9.17, 15) is 18.0 Å². The van der Waals surface area contributed by atoms with Crippen molar-refractivity contribution in [3.05, 3.63) is 131 Å². The van der Waals surface area contributed by atoms with Crippen molar-refractivity contribution in [1.82, 2.24) is 10.2 Å². The third-order valence-electron chi connectivity index (χ3n) is 7.60. The van der Waals surface area contributed by atoms with Crippen LogP contribution in [0.15, 0.2) is 114 Å². The van der Waals surface area contributed by atoms with E-state index in [-0.39, 0.29) is 35.7 Å². The summed E-state index contributed by atoms with van der Waals surface area (Å²) in [5.41, 5.74) is 4.18. The Kier molecular flexibility index (Phi) is 11.2. The van der Waals surface area contributed by atoms with Crippen molar-refractivity contribution in [3.8, 4) is 0 Å². The molecule has 4 aromatic rings. The third kappa shape index (κ3) is 8.82. The molecule has 7 nitrogen and oxygen atoms in total. The van der Waals surface area contributed by atoms with Crippen molar-refractivity contribution in [3.63, 3.8) is 0 Å². The summed E-state index contributed by atoms with van der Waals surface area (Å²) in [4.78, 5) is 29.9. The lowest BCUT2D eigenvalue weighted by molar-refractivity contribution is -0.140. The maximum absolute atomic E-state index is 14.5. The van der Waals surface area contributed by atoms with Crippen LogP contribution < -0.4 is 9.62 Å². The van der Waals surface area contributed by atoms with Gasteiger partial charge in [-0.15, -0.1) is 0 Å². The number of rotatable bonds is 13. The number of aryl methyl sites for hydroxylation is 1. The van der Waals surface area contributed by atoms with Crippen molar-refractivity contribution >= 4 is 27.5 Å². The van der Waals surface area contributed by atoms with Gasteiger partial charge >= 0.3 is 0 Å². The first kappa shape index (κ1) is 33.5. The third-order valence-corrected chi connectivity index (χ3v) is 9.38. The molecule has 0 heterocycles. The molecule has 1 unspecified atom stereocenters. The summed E-state index contributed by atoms with van der Waals surface area (Å²) < 4.78 is 29.4. The Hall–Kier alpha value is -4.43. The second-order valence-corrected chi connectivity index (χ2v) is 13.8. The van der Waals surface area contributed by atoms with E-state index in [1.165, 1.54) is 17.0 Å². The van der Waals surface area contributed by atoms with Gasteiger partial charge in [-0.25, -0.2) is 8.42 Å². The highest BCUT2D eigenvalue weighted by atomic mass is 32.2. The first-order valence-electron chi connectivity index (χ1n) is 15.3. The van der Waals surface area contributed by atoms with Crippen LogP contribution in [0.3, 0.4) is 0 Å². The van der Waals surface area contributed by atoms with Crippen LogP contribution in [-0.4, -0.2) is 43.8 Å². The largest absolute Gasteiger partial charge is 0.352 e. The quantitative estimate of drug-likeness (QED) is 0.184. The van der Waals surface area contributed by atoms with Gasteiger partial charge in [0.15, 0.2) is 0 Å². The number of benzene rings is 4. The molecule has 0 aromatic heterocycles. The van der Waals surface area contributed by atoms with Crippen molar-refractivity contribution in [2.45, 2.75) is 70.5 Å². The number of hydrogen-bond acceptors (Lipinski definition) is 4. The van der Waals surface area contributed by atoms with Gasteiger partial charge in [0.2, 0.25) is 11.8 Å². The molecule has 2 amide bonds. The minimum absolute atomic E-state index is 0.0781. The second kappa shape index (κ2) is 15.0. The van der Waals surface area contributed by atoms with Crippen LogP contribution in [0.25, 0.3) is 0 Å². The molecule has 0 saturated carbocycles. The normalized spacial score (nSPS) is 12.2. The standard InChI is InChI=1S/C37H43N3O4S/c1-27(2)32-19-21-33(22-20-32)40(45(43,44)34-17-10-7-11-18-34)26-36(41)39(25-31-16-12-13-29(5)23-31)35(37(42)38-28(3)4)24-30-14-8-6-9-15-30/h6-23,27-28,35H,24-26H2,1-5H3,(H,38,42). The number of anilines is 1. The molecule has 1 atom stereocenters. The number of nitrogens with one attached hydrogen (secondary N) is 1. The maximum Gasteiger partial charge on any atom is 0.264 e. The highest BCUT2D eigenvalue weighted by Gasteiger charge is 2.34. The van der Waals surface area contributed by atoms with Gasteiger partial charge in [0.1, 0.15) is 12.6 Å². The Morgan fingerprint density at radius 3 is 1.93 bits per heavy atom. The van der Waals surface area contributed by atoms with E-state index in [1.54, 1.807) is 30.3 Å². The van der Waals surface area contributed by atoms with E-state index in [0.29, 0.717) is 5.69 Å². The summed E-state index contributed by atoms with van der Waals surface area (Å²) >= 11 is 0. The first-order valence-corrected chi connectivity index (χ1v) is 16.8. The van der Waals surface area contributed by atoms with Gasteiger partial charge in [-0.1, -0.05) is 104 Å². The predicted molar refractivity (Wildman–Crippen MR) is 180 cm³/mol. The predicted octanol–water partition coefficient (Wildman–Crippen LogP) is 6.48. The fourth-order valence-corrected chi connectivity index (χ4v) is 6.65. The van der Waals surface area contributed by atoms with Gasteiger partial charge in [0.25, 0.3) is 10.0 Å².